The Labute approximate surface area is 144 Å². The van der Waals surface area contributed by atoms with Crippen LogP contribution in [0.1, 0.15) is 48.4 Å². The molecule has 2 aromatic rings. The zero-order valence-corrected chi connectivity index (χ0v) is 14.2. The minimum absolute atomic E-state index is 0.0837. The quantitative estimate of drug-likeness (QED) is 0.849. The third-order valence-corrected chi connectivity index (χ3v) is 3.99. The lowest BCUT2D eigenvalue weighted by atomic mass is 10.0. The first-order valence-corrected chi connectivity index (χ1v) is 7.95. The Morgan fingerprint density at radius 2 is 1.64 bits per heavy atom. The molecule has 3 rings (SSSR count). The number of rotatable bonds is 2. The largest absolute Gasteiger partial charge is 0.416 e. The minimum Gasteiger partial charge on any atom is -0.288 e. The van der Waals surface area contributed by atoms with Crippen molar-refractivity contribution < 1.29 is 18.0 Å². The van der Waals surface area contributed by atoms with E-state index in [0.29, 0.717) is 11.3 Å². The highest BCUT2D eigenvalue weighted by atomic mass is 19.4. The SMILES string of the molecule is CC(C)(C)NC1c2ccc(C(F)(F)F)cc2C(=O)N1c1ccccc1. The second-order valence-electron chi connectivity index (χ2n) is 7.11. The number of nitrogens with one attached hydrogen (secondary N) is 1. The fourth-order valence-electron chi connectivity index (χ4n) is 2.95. The first-order chi connectivity index (χ1) is 11.6. The summed E-state index contributed by atoms with van der Waals surface area (Å²) in [5.74, 6) is -0.436. The van der Waals surface area contributed by atoms with Crippen molar-refractivity contribution in [3.05, 3.63) is 65.2 Å². The minimum atomic E-state index is -4.48. The van der Waals surface area contributed by atoms with Gasteiger partial charge in [0.25, 0.3) is 5.91 Å². The molecular weight excluding hydrogens is 329 g/mol. The van der Waals surface area contributed by atoms with Gasteiger partial charge in [0, 0.05) is 22.4 Å². The molecule has 0 bridgehead atoms. The van der Waals surface area contributed by atoms with E-state index < -0.39 is 23.8 Å². The van der Waals surface area contributed by atoms with Gasteiger partial charge in [-0.1, -0.05) is 24.3 Å². The molecule has 1 aliphatic heterocycles. The molecule has 25 heavy (non-hydrogen) atoms. The van der Waals surface area contributed by atoms with E-state index in [1.165, 1.54) is 11.0 Å². The highest BCUT2D eigenvalue weighted by Gasteiger charge is 2.41. The number of para-hydroxylation sites is 1. The first kappa shape index (κ1) is 17.5. The predicted octanol–water partition coefficient (Wildman–Crippen LogP) is 4.75. The molecule has 3 nitrogen and oxygen atoms in total. The molecule has 1 aliphatic rings. The van der Waals surface area contributed by atoms with Crippen molar-refractivity contribution >= 4 is 11.6 Å². The molecule has 1 heterocycles. The summed E-state index contributed by atoms with van der Waals surface area (Å²) >= 11 is 0. The van der Waals surface area contributed by atoms with Gasteiger partial charge in [0.15, 0.2) is 0 Å². The maximum atomic E-state index is 13.0. The van der Waals surface area contributed by atoms with Crippen LogP contribution < -0.4 is 10.2 Å². The van der Waals surface area contributed by atoms with Gasteiger partial charge in [0.2, 0.25) is 0 Å². The number of carbonyl (C=O) groups is 1. The number of alkyl halides is 3. The monoisotopic (exact) mass is 348 g/mol. The number of halogens is 3. The Morgan fingerprint density at radius 1 is 1.00 bits per heavy atom. The molecule has 0 fully saturated rings. The summed E-state index contributed by atoms with van der Waals surface area (Å²) in [7, 11) is 0. The molecule has 0 saturated carbocycles. The lowest BCUT2D eigenvalue weighted by Gasteiger charge is -2.32. The van der Waals surface area contributed by atoms with Crippen LogP contribution >= 0.6 is 0 Å². The van der Waals surface area contributed by atoms with Crippen molar-refractivity contribution in [3.8, 4) is 0 Å². The topological polar surface area (TPSA) is 32.3 Å². The molecular formula is C19H19F3N2O. The zero-order valence-electron chi connectivity index (χ0n) is 14.2. The van der Waals surface area contributed by atoms with Crippen molar-refractivity contribution in [1.29, 1.82) is 0 Å². The summed E-state index contributed by atoms with van der Waals surface area (Å²) in [5.41, 5.74) is 0.127. The molecule has 0 radical (unpaired) electrons. The van der Waals surface area contributed by atoms with Crippen LogP contribution in [0.4, 0.5) is 18.9 Å². The zero-order chi connectivity index (χ0) is 18.4. The van der Waals surface area contributed by atoms with Crippen LogP contribution in [-0.2, 0) is 6.18 Å². The Bertz CT molecular complexity index is 795. The van der Waals surface area contributed by atoms with E-state index in [2.05, 4.69) is 5.32 Å². The predicted molar refractivity (Wildman–Crippen MR) is 90.3 cm³/mol. The average Bonchev–Trinajstić information content (AvgIpc) is 2.78. The van der Waals surface area contributed by atoms with Gasteiger partial charge in [-0.15, -0.1) is 0 Å². The molecule has 2 aromatic carbocycles. The van der Waals surface area contributed by atoms with Crippen molar-refractivity contribution in [2.75, 3.05) is 4.90 Å². The van der Waals surface area contributed by atoms with Crippen LogP contribution in [0.2, 0.25) is 0 Å². The van der Waals surface area contributed by atoms with Gasteiger partial charge in [-0.2, -0.15) is 13.2 Å². The number of anilines is 1. The number of benzene rings is 2. The molecule has 1 atom stereocenters. The Balaban J connectivity index is 2.12. The number of carbonyl (C=O) groups excluding carboxylic acids is 1. The van der Waals surface area contributed by atoms with Gasteiger partial charge in [-0.25, -0.2) is 0 Å². The molecule has 1 unspecified atom stereocenters. The molecule has 1 N–H and O–H groups in total. The van der Waals surface area contributed by atoms with Crippen LogP contribution in [0.25, 0.3) is 0 Å². The van der Waals surface area contributed by atoms with Crippen LogP contribution in [0.15, 0.2) is 48.5 Å². The van der Waals surface area contributed by atoms with Crippen LogP contribution in [-0.4, -0.2) is 11.4 Å². The number of amides is 1. The van der Waals surface area contributed by atoms with E-state index in [-0.39, 0.29) is 11.1 Å². The lowest BCUT2D eigenvalue weighted by molar-refractivity contribution is -0.137. The summed E-state index contributed by atoms with van der Waals surface area (Å²) in [6.45, 7) is 5.84. The van der Waals surface area contributed by atoms with Gasteiger partial charge < -0.3 is 0 Å². The second-order valence-corrected chi connectivity index (χ2v) is 7.11. The third kappa shape index (κ3) is 3.39. The smallest absolute Gasteiger partial charge is 0.288 e. The third-order valence-electron chi connectivity index (χ3n) is 3.99. The molecule has 0 saturated heterocycles. The van der Waals surface area contributed by atoms with Gasteiger partial charge in [0.05, 0.1) is 5.56 Å². The first-order valence-electron chi connectivity index (χ1n) is 7.95. The molecule has 0 spiro atoms. The Morgan fingerprint density at radius 3 is 2.20 bits per heavy atom. The van der Waals surface area contributed by atoms with Crippen molar-refractivity contribution in [1.82, 2.24) is 5.32 Å². The van der Waals surface area contributed by atoms with Gasteiger partial charge in [-0.05, 0) is 45.0 Å². The van der Waals surface area contributed by atoms with E-state index in [4.69, 9.17) is 0 Å². The summed E-state index contributed by atoms with van der Waals surface area (Å²) in [4.78, 5) is 14.4. The number of nitrogens with zero attached hydrogens (tertiary/aromatic N) is 1. The number of hydrogen-bond donors (Lipinski definition) is 1. The van der Waals surface area contributed by atoms with E-state index in [1.807, 2.05) is 26.8 Å². The van der Waals surface area contributed by atoms with Crippen LogP contribution in [0.3, 0.4) is 0 Å². The summed E-state index contributed by atoms with van der Waals surface area (Å²) in [5, 5.41) is 3.34. The number of fused-ring (bicyclic) bond motifs is 1. The van der Waals surface area contributed by atoms with E-state index in [1.54, 1.807) is 24.3 Å². The van der Waals surface area contributed by atoms with Crippen LogP contribution in [0, 0.1) is 0 Å². The highest BCUT2D eigenvalue weighted by molar-refractivity contribution is 6.11. The Hall–Kier alpha value is -2.34. The van der Waals surface area contributed by atoms with Crippen LogP contribution in [0.5, 0.6) is 0 Å². The summed E-state index contributed by atoms with van der Waals surface area (Å²) < 4.78 is 39.1. The standard InChI is InChI=1S/C19H19F3N2O/c1-18(2,3)23-16-14-10-9-12(19(20,21)22)11-15(14)17(25)24(16)13-7-5-4-6-8-13/h4-11,16,23H,1-3H3. The van der Waals surface area contributed by atoms with E-state index >= 15 is 0 Å². The summed E-state index contributed by atoms with van der Waals surface area (Å²) in [6, 6.07) is 12.3. The summed E-state index contributed by atoms with van der Waals surface area (Å²) in [6.07, 6.45) is -5.00. The molecule has 0 aromatic heterocycles. The molecule has 132 valence electrons. The van der Waals surface area contributed by atoms with Gasteiger partial charge in [0.1, 0.15) is 6.17 Å². The average molecular weight is 348 g/mol. The molecule has 0 aliphatic carbocycles. The normalized spacial score (nSPS) is 17.8. The highest BCUT2D eigenvalue weighted by Crippen LogP contribution is 2.40. The maximum Gasteiger partial charge on any atom is 0.416 e. The van der Waals surface area contributed by atoms with Gasteiger partial charge in [-0.3, -0.25) is 15.0 Å². The van der Waals surface area contributed by atoms with Crippen molar-refractivity contribution in [2.24, 2.45) is 0 Å². The fourth-order valence-corrected chi connectivity index (χ4v) is 2.95. The van der Waals surface area contributed by atoms with Crippen molar-refractivity contribution in [2.45, 2.75) is 38.7 Å². The maximum absolute atomic E-state index is 13.0. The van der Waals surface area contributed by atoms with Gasteiger partial charge >= 0.3 is 6.18 Å². The molecule has 6 heteroatoms. The van der Waals surface area contributed by atoms with E-state index in [9.17, 15) is 18.0 Å². The van der Waals surface area contributed by atoms with E-state index in [0.717, 1.165) is 12.1 Å². The Kier molecular flexibility index (Phi) is 4.11. The lowest BCUT2D eigenvalue weighted by Crippen LogP contribution is -2.45. The van der Waals surface area contributed by atoms with Crippen molar-refractivity contribution in [3.63, 3.8) is 0 Å². The molecule has 1 amide bonds. The number of hydrogen-bond acceptors (Lipinski definition) is 2. The second kappa shape index (κ2) is 5.88. The fraction of sp³-hybridized carbons (Fsp3) is 0.316.